The zero-order valence-corrected chi connectivity index (χ0v) is 17.9. The molecular weight excluding hydrogens is 412 g/mol. The molecule has 0 fully saturated rings. The van der Waals surface area contributed by atoms with Gasteiger partial charge in [0.15, 0.2) is 5.16 Å². The molecular formula is C23H20N4O3S. The van der Waals surface area contributed by atoms with Crippen LogP contribution in [0.5, 0.6) is 0 Å². The van der Waals surface area contributed by atoms with Crippen molar-refractivity contribution < 1.29 is 14.3 Å². The summed E-state index contributed by atoms with van der Waals surface area (Å²) in [6, 6.07) is 16.8. The van der Waals surface area contributed by atoms with E-state index < -0.39 is 5.72 Å². The van der Waals surface area contributed by atoms with Gasteiger partial charge in [0.05, 0.1) is 23.7 Å². The maximum Gasteiger partial charge on any atom is 0.285 e. The molecule has 3 aromatic rings. The van der Waals surface area contributed by atoms with Crippen LogP contribution < -0.4 is 9.80 Å². The number of rotatable bonds is 3. The van der Waals surface area contributed by atoms with Crippen molar-refractivity contribution in [3.63, 3.8) is 0 Å². The molecule has 2 amide bonds. The average molecular weight is 433 g/mol. The van der Waals surface area contributed by atoms with Crippen LogP contribution in [0.4, 0.5) is 11.4 Å². The van der Waals surface area contributed by atoms with Crippen molar-refractivity contribution in [1.29, 1.82) is 0 Å². The van der Waals surface area contributed by atoms with Crippen LogP contribution in [0.3, 0.4) is 0 Å². The van der Waals surface area contributed by atoms with E-state index in [1.54, 1.807) is 24.2 Å². The number of amides is 2. The van der Waals surface area contributed by atoms with E-state index in [2.05, 4.69) is 9.97 Å². The lowest BCUT2D eigenvalue weighted by atomic mass is 9.97. The van der Waals surface area contributed by atoms with Crippen LogP contribution in [-0.4, -0.2) is 34.6 Å². The van der Waals surface area contributed by atoms with E-state index in [0.29, 0.717) is 16.4 Å². The van der Waals surface area contributed by atoms with Gasteiger partial charge >= 0.3 is 0 Å². The zero-order chi connectivity index (χ0) is 21.6. The molecule has 1 atom stereocenters. The first-order valence-electron chi connectivity index (χ1n) is 9.87. The predicted molar refractivity (Wildman–Crippen MR) is 118 cm³/mol. The van der Waals surface area contributed by atoms with E-state index in [-0.39, 0.29) is 24.2 Å². The normalized spacial score (nSPS) is 19.5. The standard InChI is InChI=1S/C23H20N4O3S/c1-15-11-12-24-22(25-15)31-14-20(28)27-18-9-5-3-7-16(18)13-30-23(27)17-8-4-6-10-19(17)26(2)21(23)29/h3-12H,13-14H2,1-2H3/t23-/m1/s1. The third-order valence-electron chi connectivity index (χ3n) is 5.56. The van der Waals surface area contributed by atoms with Crippen molar-refractivity contribution in [3.8, 4) is 0 Å². The Labute approximate surface area is 184 Å². The van der Waals surface area contributed by atoms with Crippen molar-refractivity contribution in [2.24, 2.45) is 0 Å². The lowest BCUT2D eigenvalue weighted by Gasteiger charge is -2.43. The average Bonchev–Trinajstić information content (AvgIpc) is 3.00. The summed E-state index contributed by atoms with van der Waals surface area (Å²) >= 11 is 1.24. The third kappa shape index (κ3) is 3.02. The number of benzene rings is 2. The van der Waals surface area contributed by atoms with Crippen molar-refractivity contribution in [2.45, 2.75) is 24.4 Å². The minimum Gasteiger partial charge on any atom is -0.338 e. The van der Waals surface area contributed by atoms with Crippen LogP contribution in [-0.2, 0) is 26.7 Å². The van der Waals surface area contributed by atoms with Crippen LogP contribution in [0.1, 0.15) is 16.8 Å². The van der Waals surface area contributed by atoms with Gasteiger partial charge in [0.2, 0.25) is 5.91 Å². The molecule has 5 rings (SSSR count). The lowest BCUT2D eigenvalue weighted by molar-refractivity contribution is -0.152. The molecule has 0 saturated carbocycles. The number of carbonyl (C=O) groups is 2. The number of para-hydroxylation sites is 2. The summed E-state index contributed by atoms with van der Waals surface area (Å²) in [4.78, 5) is 38.9. The van der Waals surface area contributed by atoms with Gasteiger partial charge in [-0.1, -0.05) is 48.2 Å². The van der Waals surface area contributed by atoms with Gasteiger partial charge < -0.3 is 9.64 Å². The van der Waals surface area contributed by atoms with Crippen molar-refractivity contribution in [3.05, 3.63) is 77.6 Å². The summed E-state index contributed by atoms with van der Waals surface area (Å²) in [7, 11) is 1.71. The molecule has 3 heterocycles. The molecule has 1 aromatic heterocycles. The van der Waals surface area contributed by atoms with E-state index in [1.807, 2.05) is 55.5 Å². The molecule has 156 valence electrons. The number of aryl methyl sites for hydroxylation is 1. The number of fused-ring (bicyclic) bond motifs is 3. The second-order valence-corrected chi connectivity index (χ2v) is 8.38. The highest BCUT2D eigenvalue weighted by Gasteiger charge is 2.59. The summed E-state index contributed by atoms with van der Waals surface area (Å²) in [5.74, 6) is -0.462. The minimum absolute atomic E-state index is 0.0715. The summed E-state index contributed by atoms with van der Waals surface area (Å²) in [5, 5.41) is 0.517. The van der Waals surface area contributed by atoms with Gasteiger partial charge in [-0.25, -0.2) is 9.97 Å². The number of carbonyl (C=O) groups excluding carboxylic acids is 2. The Balaban J connectivity index is 1.59. The summed E-state index contributed by atoms with van der Waals surface area (Å²) in [6.07, 6.45) is 1.67. The second-order valence-electron chi connectivity index (χ2n) is 7.44. The van der Waals surface area contributed by atoms with Crippen molar-refractivity contribution in [2.75, 3.05) is 22.6 Å². The van der Waals surface area contributed by atoms with Crippen LogP contribution in [0.2, 0.25) is 0 Å². The van der Waals surface area contributed by atoms with Crippen molar-refractivity contribution in [1.82, 2.24) is 9.97 Å². The third-order valence-corrected chi connectivity index (χ3v) is 6.40. The SMILES string of the molecule is Cc1ccnc(SCC(=O)N2c3ccccc3CO[C@]23C(=O)N(C)c2ccccc23)n1. The Morgan fingerprint density at radius 2 is 1.87 bits per heavy atom. The molecule has 0 N–H and O–H groups in total. The molecule has 8 heteroatoms. The lowest BCUT2D eigenvalue weighted by Crippen LogP contribution is -2.59. The Kier molecular flexibility index (Phi) is 4.75. The molecule has 0 saturated heterocycles. The smallest absolute Gasteiger partial charge is 0.285 e. The summed E-state index contributed by atoms with van der Waals surface area (Å²) in [6.45, 7) is 2.11. The van der Waals surface area contributed by atoms with Gasteiger partial charge in [0.1, 0.15) is 0 Å². The van der Waals surface area contributed by atoms with Gasteiger partial charge in [-0.05, 0) is 25.1 Å². The zero-order valence-electron chi connectivity index (χ0n) is 17.1. The number of likely N-dealkylation sites (N-methyl/N-ethyl adjacent to an activating group) is 1. The van der Waals surface area contributed by atoms with Gasteiger partial charge in [-0.2, -0.15) is 0 Å². The monoisotopic (exact) mass is 432 g/mol. The molecule has 2 aliphatic rings. The Hall–Kier alpha value is -3.23. The van der Waals surface area contributed by atoms with E-state index in [1.165, 1.54) is 16.7 Å². The van der Waals surface area contributed by atoms with E-state index in [9.17, 15) is 9.59 Å². The van der Waals surface area contributed by atoms with Gasteiger partial charge in [0, 0.05) is 30.1 Å². The first-order chi connectivity index (χ1) is 15.0. The second kappa shape index (κ2) is 7.47. The predicted octanol–water partition coefficient (Wildman–Crippen LogP) is 3.27. The first kappa shape index (κ1) is 19.7. The van der Waals surface area contributed by atoms with Crippen LogP contribution >= 0.6 is 11.8 Å². The Morgan fingerprint density at radius 1 is 1.13 bits per heavy atom. The number of nitrogens with zero attached hydrogens (tertiary/aromatic N) is 4. The fourth-order valence-corrected chi connectivity index (χ4v) is 4.85. The summed E-state index contributed by atoms with van der Waals surface area (Å²) in [5.41, 5.74) is 2.25. The molecule has 1 spiro atoms. The van der Waals surface area contributed by atoms with Crippen LogP contribution in [0, 0.1) is 6.92 Å². The van der Waals surface area contributed by atoms with Crippen molar-refractivity contribution >= 4 is 35.0 Å². The largest absolute Gasteiger partial charge is 0.338 e. The quantitative estimate of drug-likeness (QED) is 0.467. The Bertz CT molecular complexity index is 1200. The maximum absolute atomic E-state index is 13.6. The van der Waals surface area contributed by atoms with Gasteiger partial charge in [-0.15, -0.1) is 0 Å². The molecule has 0 radical (unpaired) electrons. The molecule has 2 aliphatic heterocycles. The Morgan fingerprint density at radius 3 is 2.68 bits per heavy atom. The molecule has 0 bridgehead atoms. The summed E-state index contributed by atoms with van der Waals surface area (Å²) < 4.78 is 6.24. The number of hydrogen-bond acceptors (Lipinski definition) is 6. The topological polar surface area (TPSA) is 75.6 Å². The van der Waals surface area contributed by atoms with Crippen LogP contribution in [0.25, 0.3) is 0 Å². The highest BCUT2D eigenvalue weighted by Crippen LogP contribution is 2.49. The van der Waals surface area contributed by atoms with E-state index in [4.69, 9.17) is 4.74 Å². The molecule has 0 unspecified atom stereocenters. The fourth-order valence-electron chi connectivity index (χ4n) is 4.12. The molecule has 2 aromatic carbocycles. The number of anilines is 2. The van der Waals surface area contributed by atoms with Gasteiger partial charge in [0.25, 0.3) is 11.6 Å². The highest BCUT2D eigenvalue weighted by molar-refractivity contribution is 7.99. The van der Waals surface area contributed by atoms with Gasteiger partial charge in [-0.3, -0.25) is 14.5 Å². The number of thioether (sulfide) groups is 1. The maximum atomic E-state index is 13.6. The molecule has 0 aliphatic carbocycles. The molecule has 7 nitrogen and oxygen atoms in total. The van der Waals surface area contributed by atoms with E-state index in [0.717, 1.165) is 16.9 Å². The fraction of sp³-hybridized carbons (Fsp3) is 0.217. The van der Waals surface area contributed by atoms with Crippen LogP contribution in [0.15, 0.2) is 66.0 Å². The number of hydrogen-bond donors (Lipinski definition) is 0. The van der Waals surface area contributed by atoms with E-state index >= 15 is 0 Å². The highest BCUT2D eigenvalue weighted by atomic mass is 32.2. The number of aromatic nitrogens is 2. The molecule has 31 heavy (non-hydrogen) atoms. The minimum atomic E-state index is -1.52. The number of ether oxygens (including phenoxy) is 1. The first-order valence-corrected chi connectivity index (χ1v) is 10.9.